The summed E-state index contributed by atoms with van der Waals surface area (Å²) in [7, 11) is 0. The highest BCUT2D eigenvalue weighted by Gasteiger charge is 2.56. The first-order chi connectivity index (χ1) is 17.0. The van der Waals surface area contributed by atoms with Crippen molar-refractivity contribution in [3.05, 3.63) is 34.4 Å². The first kappa shape index (κ1) is 29.3. The molecule has 0 aromatic heterocycles. The summed E-state index contributed by atoms with van der Waals surface area (Å²) in [6.45, 7) is 25.1. The highest BCUT2D eigenvalue weighted by Crippen LogP contribution is 2.58. The van der Waals surface area contributed by atoms with Crippen LogP contribution in [0.5, 0.6) is 0 Å². The monoisotopic (exact) mass is 491 g/mol. The van der Waals surface area contributed by atoms with E-state index in [0.717, 1.165) is 29.6 Å². The molecule has 4 rings (SSSR count). The van der Waals surface area contributed by atoms with Crippen molar-refractivity contribution < 1.29 is 0 Å². The zero-order chi connectivity index (χ0) is 26.8. The van der Waals surface area contributed by atoms with E-state index >= 15 is 0 Å². The minimum absolute atomic E-state index is 0.369. The molecular formula is C35H57N. The van der Waals surface area contributed by atoms with Crippen LogP contribution < -0.4 is 0 Å². The fourth-order valence-corrected chi connectivity index (χ4v) is 8.35. The fraction of sp³-hybridized carbons (Fsp3) is 0.771. The van der Waals surface area contributed by atoms with Crippen molar-refractivity contribution in [1.82, 2.24) is 4.90 Å². The molecule has 1 saturated carbocycles. The van der Waals surface area contributed by atoms with Gasteiger partial charge < -0.3 is 4.90 Å². The molecule has 1 saturated heterocycles. The molecular weight excluding hydrogens is 434 g/mol. The summed E-state index contributed by atoms with van der Waals surface area (Å²) in [4.78, 5) is 2.93. The summed E-state index contributed by atoms with van der Waals surface area (Å²) in [5, 5.41) is 0. The van der Waals surface area contributed by atoms with Gasteiger partial charge >= 0.3 is 0 Å². The Morgan fingerprint density at radius 3 is 2.33 bits per heavy atom. The highest BCUT2D eigenvalue weighted by molar-refractivity contribution is 5.51. The zero-order valence-corrected chi connectivity index (χ0v) is 25.3. The SMILES string of the molecule is C#C.CCCC(CC1C(C)N(CC2CC2)CCC12c1c(C)ccc(CC)c1C[C@H]2C)[C@@H](C)C(C)(C)C. The standard InChI is InChI=1S/C33H55N.C2H2/c1-10-12-28(24(5)32(7,8)9)20-30-25(6)34(21-26-14-15-26)18-17-33(30)23(4)19-29-27(11-2)16-13-22(3)31(29)33;1-2/h13,16,23-26,28,30H,10-12,14-15,17-21H2,1-9H3;1-2H/t23-,24-,25?,28?,30?,33?;/m1./s1. The Kier molecular flexibility index (Phi) is 9.47. The molecule has 4 unspecified atom stereocenters. The third-order valence-corrected chi connectivity index (χ3v) is 11.0. The molecule has 0 amide bonds. The molecule has 0 bridgehead atoms. The molecule has 0 radical (unpaired) electrons. The zero-order valence-electron chi connectivity index (χ0n) is 25.3. The third kappa shape index (κ3) is 5.46. The van der Waals surface area contributed by atoms with Gasteiger partial charge in [-0.2, -0.15) is 0 Å². The van der Waals surface area contributed by atoms with Crippen molar-refractivity contribution in [2.75, 3.05) is 13.1 Å². The maximum atomic E-state index is 4.00. The van der Waals surface area contributed by atoms with Crippen LogP contribution in [0.2, 0.25) is 0 Å². The predicted octanol–water partition coefficient (Wildman–Crippen LogP) is 8.85. The van der Waals surface area contributed by atoms with Crippen LogP contribution in [0.4, 0.5) is 0 Å². The molecule has 1 nitrogen and oxygen atoms in total. The van der Waals surface area contributed by atoms with Crippen LogP contribution >= 0.6 is 0 Å². The Balaban J connectivity index is 0.00000176. The number of benzene rings is 1. The summed E-state index contributed by atoms with van der Waals surface area (Å²) < 4.78 is 0. The van der Waals surface area contributed by atoms with Crippen molar-refractivity contribution in [3.63, 3.8) is 0 Å². The molecule has 1 aromatic carbocycles. The summed E-state index contributed by atoms with van der Waals surface area (Å²) >= 11 is 0. The second-order valence-electron chi connectivity index (χ2n) is 13.9. The molecule has 2 fully saturated rings. The largest absolute Gasteiger partial charge is 0.300 e. The van der Waals surface area contributed by atoms with Gasteiger partial charge in [0.15, 0.2) is 0 Å². The molecule has 1 heterocycles. The Bertz CT molecular complexity index is 884. The number of rotatable bonds is 8. The van der Waals surface area contributed by atoms with E-state index in [2.05, 4.69) is 92.2 Å². The first-order valence-corrected chi connectivity index (χ1v) is 15.2. The van der Waals surface area contributed by atoms with Gasteiger partial charge in [0.1, 0.15) is 0 Å². The maximum absolute atomic E-state index is 4.00. The number of terminal acetylenes is 1. The fourth-order valence-electron chi connectivity index (χ4n) is 8.35. The molecule has 1 heteroatoms. The second kappa shape index (κ2) is 11.6. The smallest absolute Gasteiger partial charge is 0.0104 e. The summed E-state index contributed by atoms with van der Waals surface area (Å²) in [5.74, 6) is 4.09. The minimum Gasteiger partial charge on any atom is -0.300 e. The first-order valence-electron chi connectivity index (χ1n) is 15.2. The Labute approximate surface area is 225 Å². The van der Waals surface area contributed by atoms with Gasteiger partial charge in [0.05, 0.1) is 0 Å². The average molecular weight is 492 g/mol. The second-order valence-corrected chi connectivity index (χ2v) is 13.9. The van der Waals surface area contributed by atoms with E-state index in [1.807, 2.05) is 0 Å². The number of piperidine rings is 1. The van der Waals surface area contributed by atoms with Gasteiger partial charge in [-0.05, 0) is 116 Å². The van der Waals surface area contributed by atoms with Gasteiger partial charge in [-0.1, -0.05) is 73.4 Å². The lowest BCUT2D eigenvalue weighted by atomic mass is 9.55. The van der Waals surface area contributed by atoms with E-state index in [0.29, 0.717) is 16.9 Å². The minimum atomic E-state index is 0.369. The molecule has 1 aromatic rings. The quantitative estimate of drug-likeness (QED) is 0.328. The molecule has 2 aliphatic carbocycles. The third-order valence-electron chi connectivity index (χ3n) is 11.0. The van der Waals surface area contributed by atoms with E-state index < -0.39 is 0 Å². The average Bonchev–Trinajstić information content (AvgIpc) is 3.61. The number of likely N-dealkylation sites (tertiary alicyclic amines) is 1. The Morgan fingerprint density at radius 2 is 1.78 bits per heavy atom. The number of fused-ring (bicyclic) bond motifs is 2. The van der Waals surface area contributed by atoms with E-state index in [-0.39, 0.29) is 0 Å². The van der Waals surface area contributed by atoms with Gasteiger partial charge in [-0.15, -0.1) is 12.8 Å². The summed E-state index contributed by atoms with van der Waals surface area (Å²) in [5.41, 5.74) is 7.51. The molecule has 0 N–H and O–H groups in total. The van der Waals surface area contributed by atoms with Crippen LogP contribution in [0.15, 0.2) is 12.1 Å². The highest BCUT2D eigenvalue weighted by atomic mass is 15.2. The number of aryl methyl sites for hydroxylation is 2. The lowest BCUT2D eigenvalue weighted by Crippen LogP contribution is -2.57. The maximum Gasteiger partial charge on any atom is 0.0104 e. The normalized spacial score (nSPS) is 29.9. The van der Waals surface area contributed by atoms with Gasteiger partial charge in [-0.25, -0.2) is 0 Å². The summed E-state index contributed by atoms with van der Waals surface area (Å²) in [6.07, 6.45) is 18.9. The van der Waals surface area contributed by atoms with Crippen molar-refractivity contribution in [2.45, 2.75) is 125 Å². The van der Waals surface area contributed by atoms with Crippen molar-refractivity contribution >= 4 is 0 Å². The molecule has 3 aliphatic rings. The number of hydrogen-bond acceptors (Lipinski definition) is 1. The molecule has 6 atom stereocenters. The van der Waals surface area contributed by atoms with Gasteiger partial charge in [-0.3, -0.25) is 0 Å². The topological polar surface area (TPSA) is 3.24 Å². The summed E-state index contributed by atoms with van der Waals surface area (Å²) in [6, 6.07) is 5.61. The Hall–Kier alpha value is -1.26. The Morgan fingerprint density at radius 1 is 1.11 bits per heavy atom. The van der Waals surface area contributed by atoms with Crippen LogP contribution in [0.3, 0.4) is 0 Å². The molecule has 1 spiro atoms. The van der Waals surface area contributed by atoms with Crippen LogP contribution in [-0.4, -0.2) is 24.0 Å². The van der Waals surface area contributed by atoms with Gasteiger partial charge in [0.2, 0.25) is 0 Å². The number of hydrogen-bond donors (Lipinski definition) is 0. The van der Waals surface area contributed by atoms with E-state index in [1.165, 1.54) is 64.5 Å². The van der Waals surface area contributed by atoms with Crippen molar-refractivity contribution in [2.24, 2.45) is 35.0 Å². The van der Waals surface area contributed by atoms with E-state index in [9.17, 15) is 0 Å². The molecule has 202 valence electrons. The van der Waals surface area contributed by atoms with Crippen LogP contribution in [0.1, 0.15) is 116 Å². The van der Waals surface area contributed by atoms with E-state index in [4.69, 9.17) is 0 Å². The molecule has 36 heavy (non-hydrogen) atoms. The van der Waals surface area contributed by atoms with Crippen LogP contribution in [0, 0.1) is 54.8 Å². The lowest BCUT2D eigenvalue weighted by molar-refractivity contribution is -0.0125. The predicted molar refractivity (Wildman–Crippen MR) is 158 cm³/mol. The lowest BCUT2D eigenvalue weighted by Gasteiger charge is -2.55. The number of nitrogens with zero attached hydrogens (tertiary/aromatic N) is 1. The molecule has 1 aliphatic heterocycles. The van der Waals surface area contributed by atoms with Crippen LogP contribution in [-0.2, 0) is 18.3 Å². The van der Waals surface area contributed by atoms with Gasteiger partial charge in [0.25, 0.3) is 0 Å². The van der Waals surface area contributed by atoms with Gasteiger partial charge in [0, 0.05) is 18.0 Å². The van der Waals surface area contributed by atoms with Crippen molar-refractivity contribution in [3.8, 4) is 12.8 Å². The van der Waals surface area contributed by atoms with Crippen LogP contribution in [0.25, 0.3) is 0 Å². The van der Waals surface area contributed by atoms with Crippen molar-refractivity contribution in [1.29, 1.82) is 0 Å². The van der Waals surface area contributed by atoms with E-state index in [1.54, 1.807) is 22.3 Å².